The van der Waals surface area contributed by atoms with Gasteiger partial charge in [0.15, 0.2) is 0 Å². The summed E-state index contributed by atoms with van der Waals surface area (Å²) in [5.74, 6) is 0. The van der Waals surface area contributed by atoms with Gasteiger partial charge in [0.25, 0.3) is 0 Å². The monoisotopic (exact) mass is 412 g/mol. The first-order chi connectivity index (χ1) is 9.25. The molecule has 0 fully saturated rings. The lowest BCUT2D eigenvalue weighted by molar-refractivity contribution is -0.137. The molecule has 0 saturated heterocycles. The molecule has 0 spiro atoms. The Hall–Kier alpha value is -1.15. The highest BCUT2D eigenvalue weighted by Crippen LogP contribution is 2.34. The molecule has 0 aliphatic rings. The quantitative estimate of drug-likeness (QED) is 0.520. The Bertz CT molecular complexity index is 644. The number of nitrogens with one attached hydrogen (secondary N) is 1. The molecule has 106 valence electrons. The Morgan fingerprint density at radius 1 is 1.10 bits per heavy atom. The van der Waals surface area contributed by atoms with Crippen LogP contribution in [-0.2, 0) is 6.18 Å². The van der Waals surface area contributed by atoms with Crippen molar-refractivity contribution in [1.29, 1.82) is 0 Å². The van der Waals surface area contributed by atoms with Gasteiger partial charge in [-0.1, -0.05) is 11.6 Å². The first kappa shape index (κ1) is 15.2. The van der Waals surface area contributed by atoms with Crippen LogP contribution in [0.1, 0.15) is 5.56 Å². The van der Waals surface area contributed by atoms with Crippen molar-refractivity contribution in [3.05, 3.63) is 50.6 Å². The second-order valence-corrected chi connectivity index (χ2v) is 5.69. The van der Waals surface area contributed by atoms with Crippen LogP contribution in [0.5, 0.6) is 0 Å². The van der Waals surface area contributed by atoms with E-state index in [0.29, 0.717) is 11.4 Å². The van der Waals surface area contributed by atoms with E-state index in [1.54, 1.807) is 18.2 Å². The Morgan fingerprint density at radius 3 is 2.40 bits per heavy atom. The Labute approximate surface area is 132 Å². The van der Waals surface area contributed by atoms with Crippen LogP contribution in [0.4, 0.5) is 30.2 Å². The van der Waals surface area contributed by atoms with E-state index in [-0.39, 0.29) is 10.7 Å². The van der Waals surface area contributed by atoms with Crippen LogP contribution in [0.3, 0.4) is 0 Å². The van der Waals surface area contributed by atoms with Gasteiger partial charge in [-0.15, -0.1) is 0 Å². The molecule has 0 radical (unpaired) electrons. The average molecular weight is 413 g/mol. The van der Waals surface area contributed by atoms with Crippen LogP contribution in [-0.4, -0.2) is 0 Å². The predicted octanol–water partition coefficient (Wildman–Crippen LogP) is 5.29. The van der Waals surface area contributed by atoms with E-state index < -0.39 is 11.7 Å². The molecular weight excluding hydrogens is 404 g/mol. The smallest absolute Gasteiger partial charge is 0.399 e. The van der Waals surface area contributed by atoms with Crippen molar-refractivity contribution >= 4 is 51.3 Å². The van der Waals surface area contributed by atoms with Gasteiger partial charge in [0.05, 0.1) is 11.3 Å². The minimum Gasteiger partial charge on any atom is -0.399 e. The summed E-state index contributed by atoms with van der Waals surface area (Å²) in [6, 6.07) is 8.42. The summed E-state index contributed by atoms with van der Waals surface area (Å²) in [6.45, 7) is 0. The lowest BCUT2D eigenvalue weighted by atomic mass is 10.2. The molecule has 0 saturated carbocycles. The fourth-order valence-electron chi connectivity index (χ4n) is 1.61. The number of hydrogen-bond donors (Lipinski definition) is 2. The summed E-state index contributed by atoms with van der Waals surface area (Å²) in [6.07, 6.45) is -4.43. The fourth-order valence-corrected chi connectivity index (χ4v) is 2.52. The van der Waals surface area contributed by atoms with E-state index in [0.717, 1.165) is 15.7 Å². The van der Waals surface area contributed by atoms with Crippen LogP contribution >= 0.6 is 34.2 Å². The molecule has 0 bridgehead atoms. The van der Waals surface area contributed by atoms with Crippen LogP contribution in [0.2, 0.25) is 5.02 Å². The van der Waals surface area contributed by atoms with Gasteiger partial charge >= 0.3 is 6.18 Å². The zero-order valence-electron chi connectivity index (χ0n) is 9.93. The maximum absolute atomic E-state index is 12.7. The molecule has 2 rings (SSSR count). The van der Waals surface area contributed by atoms with Gasteiger partial charge in [-0.05, 0) is 59.0 Å². The van der Waals surface area contributed by atoms with Crippen molar-refractivity contribution in [3.63, 3.8) is 0 Å². The number of benzene rings is 2. The maximum atomic E-state index is 12.7. The molecule has 2 aromatic rings. The Kier molecular flexibility index (Phi) is 4.33. The number of rotatable bonds is 2. The topological polar surface area (TPSA) is 38.0 Å². The Balaban J connectivity index is 2.36. The summed E-state index contributed by atoms with van der Waals surface area (Å²) in [4.78, 5) is 0. The molecule has 20 heavy (non-hydrogen) atoms. The summed E-state index contributed by atoms with van der Waals surface area (Å²) >= 11 is 7.77. The van der Waals surface area contributed by atoms with Crippen LogP contribution in [0.25, 0.3) is 0 Å². The zero-order chi connectivity index (χ0) is 14.9. The first-order valence-electron chi connectivity index (χ1n) is 5.45. The standard InChI is InChI=1S/C13H9ClF3IN2/c14-8-3-7(13(15,16)17)4-10(5-8)20-12-2-1-9(19)6-11(12)18/h1-6,20H,19H2. The number of anilines is 3. The molecule has 0 amide bonds. The van der Waals surface area contributed by atoms with Gasteiger partial charge in [-0.25, -0.2) is 0 Å². The van der Waals surface area contributed by atoms with E-state index in [1.807, 2.05) is 22.6 Å². The molecule has 3 N–H and O–H groups in total. The van der Waals surface area contributed by atoms with E-state index in [4.69, 9.17) is 17.3 Å². The largest absolute Gasteiger partial charge is 0.416 e. The van der Waals surface area contributed by atoms with Gasteiger partial charge in [0.1, 0.15) is 0 Å². The minimum atomic E-state index is -4.43. The van der Waals surface area contributed by atoms with Gasteiger partial charge in [-0.3, -0.25) is 0 Å². The summed E-state index contributed by atoms with van der Waals surface area (Å²) in [5.41, 5.74) is 6.35. The third kappa shape index (κ3) is 3.69. The van der Waals surface area contributed by atoms with Crippen molar-refractivity contribution in [1.82, 2.24) is 0 Å². The van der Waals surface area contributed by atoms with Crippen molar-refractivity contribution < 1.29 is 13.2 Å². The fraction of sp³-hybridized carbons (Fsp3) is 0.0769. The van der Waals surface area contributed by atoms with Crippen molar-refractivity contribution in [2.24, 2.45) is 0 Å². The summed E-state index contributed by atoms with van der Waals surface area (Å²) < 4.78 is 38.9. The average Bonchev–Trinajstić information content (AvgIpc) is 2.31. The number of hydrogen-bond acceptors (Lipinski definition) is 2. The summed E-state index contributed by atoms with van der Waals surface area (Å²) in [5, 5.41) is 2.93. The number of nitrogens with two attached hydrogens (primary N) is 1. The second-order valence-electron chi connectivity index (χ2n) is 4.09. The first-order valence-corrected chi connectivity index (χ1v) is 6.91. The van der Waals surface area contributed by atoms with Crippen molar-refractivity contribution in [2.45, 2.75) is 6.18 Å². The third-order valence-corrected chi connectivity index (χ3v) is 3.61. The molecule has 2 aromatic carbocycles. The Morgan fingerprint density at radius 2 is 1.80 bits per heavy atom. The van der Waals surface area contributed by atoms with Crippen LogP contribution in [0.15, 0.2) is 36.4 Å². The molecule has 7 heteroatoms. The van der Waals surface area contributed by atoms with E-state index >= 15 is 0 Å². The van der Waals surface area contributed by atoms with Crippen molar-refractivity contribution in [2.75, 3.05) is 11.1 Å². The van der Waals surface area contributed by atoms with Gasteiger partial charge < -0.3 is 11.1 Å². The highest BCUT2D eigenvalue weighted by Gasteiger charge is 2.31. The highest BCUT2D eigenvalue weighted by atomic mass is 127. The normalized spacial score (nSPS) is 11.4. The SMILES string of the molecule is Nc1ccc(Nc2cc(Cl)cc(C(F)(F)F)c2)c(I)c1. The maximum Gasteiger partial charge on any atom is 0.416 e. The zero-order valence-corrected chi connectivity index (χ0v) is 12.8. The molecule has 0 aliphatic heterocycles. The second kappa shape index (κ2) is 5.69. The lowest BCUT2D eigenvalue weighted by Crippen LogP contribution is -2.05. The molecular formula is C13H9ClF3IN2. The lowest BCUT2D eigenvalue weighted by Gasteiger charge is -2.13. The van der Waals surface area contributed by atoms with Gasteiger partial charge in [0.2, 0.25) is 0 Å². The minimum absolute atomic E-state index is 0.0211. The highest BCUT2D eigenvalue weighted by molar-refractivity contribution is 14.1. The molecule has 0 atom stereocenters. The molecule has 0 aliphatic carbocycles. The van der Waals surface area contributed by atoms with Crippen molar-refractivity contribution in [3.8, 4) is 0 Å². The summed E-state index contributed by atoms with van der Waals surface area (Å²) in [7, 11) is 0. The molecule has 2 nitrogen and oxygen atoms in total. The van der Waals surface area contributed by atoms with Gasteiger partial charge in [0, 0.05) is 20.0 Å². The molecule has 0 heterocycles. The molecule has 0 unspecified atom stereocenters. The molecule has 0 aromatic heterocycles. The van der Waals surface area contributed by atoms with Crippen LogP contribution < -0.4 is 11.1 Å². The van der Waals surface area contributed by atoms with E-state index in [9.17, 15) is 13.2 Å². The van der Waals surface area contributed by atoms with E-state index in [2.05, 4.69) is 5.32 Å². The van der Waals surface area contributed by atoms with Gasteiger partial charge in [-0.2, -0.15) is 13.2 Å². The number of halogens is 5. The third-order valence-electron chi connectivity index (χ3n) is 2.50. The predicted molar refractivity (Wildman–Crippen MR) is 83.3 cm³/mol. The van der Waals surface area contributed by atoms with Crippen LogP contribution in [0, 0.1) is 3.57 Å². The van der Waals surface area contributed by atoms with E-state index in [1.165, 1.54) is 6.07 Å². The number of alkyl halides is 3. The number of nitrogen functional groups attached to an aromatic ring is 1.